The molecule has 0 saturated carbocycles. The van der Waals surface area contributed by atoms with Crippen LogP contribution in [-0.2, 0) is 9.53 Å². The van der Waals surface area contributed by atoms with Crippen molar-refractivity contribution in [1.29, 1.82) is 0 Å². The molecule has 0 aliphatic carbocycles. The lowest BCUT2D eigenvalue weighted by atomic mass is 10.0. The molecule has 1 saturated heterocycles. The maximum Gasteiger partial charge on any atom is 0.251 e. The molecule has 2 N–H and O–H groups in total. The number of carbonyl (C=O) groups is 2. The van der Waals surface area contributed by atoms with Crippen molar-refractivity contribution in [3.05, 3.63) is 35.6 Å². The van der Waals surface area contributed by atoms with E-state index in [4.69, 9.17) is 4.74 Å². The van der Waals surface area contributed by atoms with Gasteiger partial charge in [0.25, 0.3) is 5.91 Å². The van der Waals surface area contributed by atoms with Gasteiger partial charge in [0.2, 0.25) is 5.91 Å². The summed E-state index contributed by atoms with van der Waals surface area (Å²) in [6.45, 7) is 7.57. The highest BCUT2D eigenvalue weighted by molar-refractivity contribution is 5.96. The van der Waals surface area contributed by atoms with Gasteiger partial charge in [-0.05, 0) is 38.1 Å². The Kier molecular flexibility index (Phi) is 6.28. The van der Waals surface area contributed by atoms with E-state index in [1.54, 1.807) is 0 Å². The third kappa shape index (κ3) is 5.28. The van der Waals surface area contributed by atoms with Gasteiger partial charge < -0.3 is 15.4 Å². The fraction of sp³-hybridized carbons (Fsp3) is 0.529. The number of hydrogen-bond acceptors (Lipinski definition) is 4. The van der Waals surface area contributed by atoms with Gasteiger partial charge in [-0.2, -0.15) is 0 Å². The van der Waals surface area contributed by atoms with Crippen LogP contribution in [0.1, 0.15) is 24.2 Å². The topological polar surface area (TPSA) is 70.7 Å². The highest BCUT2D eigenvalue weighted by Gasteiger charge is 2.28. The molecule has 24 heavy (non-hydrogen) atoms. The monoisotopic (exact) mass is 337 g/mol. The van der Waals surface area contributed by atoms with Gasteiger partial charge in [0, 0.05) is 30.7 Å². The molecule has 1 aromatic carbocycles. The number of carbonyl (C=O) groups excluding carboxylic acids is 2. The molecule has 7 heteroatoms. The van der Waals surface area contributed by atoms with Crippen molar-refractivity contribution in [3.8, 4) is 0 Å². The molecular formula is C17H24FN3O3. The standard InChI is InChI=1S/C17H24FN3O3/c1-17(2,21-7-9-24-10-8-21)12-20-15(22)11-19-16(23)13-3-5-14(18)6-4-13/h3-6H,7-12H2,1-2H3,(H,19,23)(H,20,22). The molecule has 2 amide bonds. The third-order valence-corrected chi connectivity index (χ3v) is 4.10. The minimum atomic E-state index is -0.408. The predicted octanol–water partition coefficient (Wildman–Crippen LogP) is 0.782. The summed E-state index contributed by atoms with van der Waals surface area (Å²) in [6.07, 6.45) is 0. The van der Waals surface area contributed by atoms with Crippen molar-refractivity contribution < 1.29 is 18.7 Å². The largest absolute Gasteiger partial charge is 0.379 e. The van der Waals surface area contributed by atoms with E-state index in [2.05, 4.69) is 29.4 Å². The van der Waals surface area contributed by atoms with Crippen LogP contribution in [0.2, 0.25) is 0 Å². The maximum absolute atomic E-state index is 12.8. The number of ether oxygens (including phenoxy) is 1. The number of halogens is 1. The van der Waals surface area contributed by atoms with Gasteiger partial charge in [0.1, 0.15) is 5.82 Å². The minimum absolute atomic E-state index is 0.116. The van der Waals surface area contributed by atoms with Gasteiger partial charge in [0.05, 0.1) is 19.8 Å². The van der Waals surface area contributed by atoms with Gasteiger partial charge in [-0.15, -0.1) is 0 Å². The van der Waals surface area contributed by atoms with E-state index in [0.29, 0.717) is 25.3 Å². The zero-order valence-corrected chi connectivity index (χ0v) is 14.1. The van der Waals surface area contributed by atoms with Crippen LogP contribution in [0.5, 0.6) is 0 Å². The number of nitrogens with zero attached hydrogens (tertiary/aromatic N) is 1. The molecule has 0 aromatic heterocycles. The normalized spacial score (nSPS) is 15.8. The summed E-state index contributed by atoms with van der Waals surface area (Å²) in [5.74, 6) is -1.07. The molecular weight excluding hydrogens is 313 g/mol. The first-order valence-electron chi connectivity index (χ1n) is 8.02. The Bertz CT molecular complexity index is 569. The van der Waals surface area contributed by atoms with Crippen LogP contribution in [0, 0.1) is 5.82 Å². The molecule has 1 fully saturated rings. The van der Waals surface area contributed by atoms with Gasteiger partial charge in [-0.25, -0.2) is 4.39 Å². The lowest BCUT2D eigenvalue weighted by Crippen LogP contribution is -2.56. The number of hydrogen-bond donors (Lipinski definition) is 2. The Hall–Kier alpha value is -1.99. The number of nitrogens with one attached hydrogen (secondary N) is 2. The molecule has 0 bridgehead atoms. The predicted molar refractivity (Wildman–Crippen MR) is 88.2 cm³/mol. The summed E-state index contributed by atoms with van der Waals surface area (Å²) in [5, 5.41) is 5.37. The number of benzene rings is 1. The zero-order chi connectivity index (χ0) is 17.6. The highest BCUT2D eigenvalue weighted by atomic mass is 19.1. The van der Waals surface area contributed by atoms with Crippen molar-refractivity contribution >= 4 is 11.8 Å². The molecule has 1 aromatic rings. The Labute approximate surface area is 141 Å². The average molecular weight is 337 g/mol. The van der Waals surface area contributed by atoms with Crippen molar-refractivity contribution in [2.75, 3.05) is 39.4 Å². The minimum Gasteiger partial charge on any atom is -0.379 e. The van der Waals surface area contributed by atoms with Crippen molar-refractivity contribution in [3.63, 3.8) is 0 Å². The quantitative estimate of drug-likeness (QED) is 0.805. The molecule has 0 atom stereocenters. The molecule has 0 radical (unpaired) electrons. The van der Waals surface area contributed by atoms with E-state index in [1.165, 1.54) is 24.3 Å². The highest BCUT2D eigenvalue weighted by Crippen LogP contribution is 2.14. The van der Waals surface area contributed by atoms with Crippen LogP contribution in [0.3, 0.4) is 0 Å². The molecule has 1 aliphatic heterocycles. The van der Waals surface area contributed by atoms with Crippen LogP contribution < -0.4 is 10.6 Å². The summed E-state index contributed by atoms with van der Waals surface area (Å²) in [7, 11) is 0. The fourth-order valence-corrected chi connectivity index (χ4v) is 2.52. The Balaban J connectivity index is 1.74. The van der Waals surface area contributed by atoms with E-state index in [1.807, 2.05) is 0 Å². The third-order valence-electron chi connectivity index (χ3n) is 4.10. The Morgan fingerprint density at radius 1 is 1.17 bits per heavy atom. The first-order chi connectivity index (χ1) is 11.4. The Morgan fingerprint density at radius 2 is 1.79 bits per heavy atom. The van der Waals surface area contributed by atoms with Crippen LogP contribution >= 0.6 is 0 Å². The second kappa shape index (κ2) is 8.21. The molecule has 2 rings (SSSR count). The number of amides is 2. The van der Waals surface area contributed by atoms with Crippen LogP contribution in [0.25, 0.3) is 0 Å². The van der Waals surface area contributed by atoms with Crippen LogP contribution in [0.15, 0.2) is 24.3 Å². The number of rotatable bonds is 6. The SMILES string of the molecule is CC(C)(CNC(=O)CNC(=O)c1ccc(F)cc1)N1CCOCC1. The summed E-state index contributed by atoms with van der Waals surface area (Å²) < 4.78 is 18.2. The van der Waals surface area contributed by atoms with E-state index >= 15 is 0 Å². The summed E-state index contributed by atoms with van der Waals surface area (Å²) >= 11 is 0. The average Bonchev–Trinajstić information content (AvgIpc) is 2.59. The second-order valence-electron chi connectivity index (χ2n) is 6.38. The molecule has 0 unspecified atom stereocenters. The Morgan fingerprint density at radius 3 is 2.42 bits per heavy atom. The lowest BCUT2D eigenvalue weighted by molar-refractivity contribution is -0.120. The summed E-state index contributed by atoms with van der Waals surface area (Å²) in [4.78, 5) is 26.1. The molecule has 1 aliphatic rings. The zero-order valence-electron chi connectivity index (χ0n) is 14.1. The fourth-order valence-electron chi connectivity index (χ4n) is 2.52. The smallest absolute Gasteiger partial charge is 0.251 e. The molecule has 1 heterocycles. The van der Waals surface area contributed by atoms with Gasteiger partial charge >= 0.3 is 0 Å². The van der Waals surface area contributed by atoms with E-state index in [9.17, 15) is 14.0 Å². The van der Waals surface area contributed by atoms with E-state index in [0.717, 1.165) is 13.1 Å². The number of morpholine rings is 1. The van der Waals surface area contributed by atoms with Crippen molar-refractivity contribution in [2.24, 2.45) is 0 Å². The molecule has 132 valence electrons. The van der Waals surface area contributed by atoms with Crippen molar-refractivity contribution in [1.82, 2.24) is 15.5 Å². The van der Waals surface area contributed by atoms with E-state index in [-0.39, 0.29) is 18.0 Å². The maximum atomic E-state index is 12.8. The van der Waals surface area contributed by atoms with Gasteiger partial charge in [0.15, 0.2) is 0 Å². The van der Waals surface area contributed by atoms with Gasteiger partial charge in [-0.3, -0.25) is 14.5 Å². The first-order valence-corrected chi connectivity index (χ1v) is 8.02. The lowest BCUT2D eigenvalue weighted by Gasteiger charge is -2.40. The second-order valence-corrected chi connectivity index (χ2v) is 6.38. The summed E-state index contributed by atoms with van der Waals surface area (Å²) in [6, 6.07) is 5.17. The van der Waals surface area contributed by atoms with Crippen molar-refractivity contribution in [2.45, 2.75) is 19.4 Å². The molecule has 0 spiro atoms. The first kappa shape index (κ1) is 18.4. The van der Waals surface area contributed by atoms with Gasteiger partial charge in [-0.1, -0.05) is 0 Å². The summed E-state index contributed by atoms with van der Waals surface area (Å²) in [5.41, 5.74) is 0.137. The molecule has 6 nitrogen and oxygen atoms in total. The van der Waals surface area contributed by atoms with E-state index < -0.39 is 11.7 Å². The van der Waals surface area contributed by atoms with Crippen LogP contribution in [0.4, 0.5) is 4.39 Å². The van der Waals surface area contributed by atoms with Crippen LogP contribution in [-0.4, -0.2) is 61.6 Å².